The zero-order valence-corrected chi connectivity index (χ0v) is 13.5. The van der Waals surface area contributed by atoms with E-state index in [0.29, 0.717) is 11.3 Å². The second-order valence-corrected chi connectivity index (χ2v) is 5.54. The molecule has 1 aromatic heterocycles. The van der Waals surface area contributed by atoms with E-state index in [9.17, 15) is 18.8 Å². The van der Waals surface area contributed by atoms with E-state index >= 15 is 0 Å². The van der Waals surface area contributed by atoms with Gasteiger partial charge in [0.2, 0.25) is 0 Å². The summed E-state index contributed by atoms with van der Waals surface area (Å²) >= 11 is 4.72. The average Bonchev–Trinajstić information content (AvgIpc) is 3.06. The van der Waals surface area contributed by atoms with E-state index in [-0.39, 0.29) is 22.0 Å². The Kier molecular flexibility index (Phi) is 4.53. The van der Waals surface area contributed by atoms with Gasteiger partial charge in [-0.1, -0.05) is 18.2 Å². The highest BCUT2D eigenvalue weighted by molar-refractivity contribution is 7.80. The minimum absolute atomic E-state index is 0.0540. The van der Waals surface area contributed by atoms with Crippen LogP contribution in [0.1, 0.15) is 16.1 Å². The monoisotopic (exact) mass is 358 g/mol. The number of benzene rings is 1. The number of alkyl halides is 1. The molecule has 0 saturated carbocycles. The van der Waals surface area contributed by atoms with E-state index in [1.807, 2.05) is 0 Å². The van der Waals surface area contributed by atoms with Gasteiger partial charge in [0.25, 0.3) is 11.8 Å². The van der Waals surface area contributed by atoms with Gasteiger partial charge >= 0.3 is 0 Å². The van der Waals surface area contributed by atoms with Gasteiger partial charge in [-0.15, -0.1) is 0 Å². The summed E-state index contributed by atoms with van der Waals surface area (Å²) in [6, 6.07) is 9.52. The summed E-state index contributed by atoms with van der Waals surface area (Å²) in [6.45, 7) is -1.08. The maximum Gasteiger partial charge on any atom is 0.263 e. The number of halogens is 1. The summed E-state index contributed by atoms with van der Waals surface area (Å²) in [4.78, 5) is 35.1. The van der Waals surface area contributed by atoms with Gasteiger partial charge < -0.3 is 4.42 Å². The molecule has 3 rings (SSSR count). The summed E-state index contributed by atoms with van der Waals surface area (Å²) in [5, 5.41) is 4.59. The lowest BCUT2D eigenvalue weighted by Crippen LogP contribution is -2.51. The zero-order chi connectivity index (χ0) is 18.0. The Labute approximate surface area is 146 Å². The van der Waals surface area contributed by atoms with Gasteiger partial charge in [-0.05, 0) is 36.5 Å². The largest absolute Gasteiger partial charge is 0.457 e. The first-order valence-electron chi connectivity index (χ1n) is 7.15. The van der Waals surface area contributed by atoms with E-state index in [4.69, 9.17) is 16.6 Å². The molecule has 126 valence electrons. The van der Waals surface area contributed by atoms with Crippen LogP contribution in [0.4, 0.5) is 4.39 Å². The first kappa shape index (κ1) is 16.7. The predicted molar refractivity (Wildman–Crippen MR) is 91.3 cm³/mol. The van der Waals surface area contributed by atoms with E-state index in [1.165, 1.54) is 18.2 Å². The van der Waals surface area contributed by atoms with Crippen LogP contribution in [0, 0.1) is 0 Å². The molecular weight excluding hydrogens is 347 g/mol. The lowest BCUT2D eigenvalue weighted by molar-refractivity contribution is -0.123. The highest BCUT2D eigenvalue weighted by atomic mass is 32.1. The fourth-order valence-electron chi connectivity index (χ4n) is 2.26. The molecule has 25 heavy (non-hydrogen) atoms. The molecule has 2 amide bonds. The third kappa shape index (κ3) is 3.53. The smallest absolute Gasteiger partial charge is 0.263 e. The summed E-state index contributed by atoms with van der Waals surface area (Å²) < 4.78 is 18.1. The third-order valence-corrected chi connectivity index (χ3v) is 3.65. The molecule has 2 heterocycles. The van der Waals surface area contributed by atoms with Crippen LogP contribution >= 0.6 is 12.2 Å². The van der Waals surface area contributed by atoms with Crippen molar-refractivity contribution in [2.45, 2.75) is 0 Å². The lowest BCUT2D eigenvalue weighted by Gasteiger charge is -2.15. The Morgan fingerprint density at radius 2 is 1.88 bits per heavy atom. The molecule has 6 nitrogen and oxygen atoms in total. The fraction of sp³-hybridized carbons (Fsp3) is 0.0588. The Hall–Kier alpha value is -3.13. The fourth-order valence-corrected chi connectivity index (χ4v) is 2.44. The van der Waals surface area contributed by atoms with Crippen LogP contribution in [0.25, 0.3) is 17.4 Å². The minimum atomic E-state index is -1.08. The molecule has 0 atom stereocenters. The molecular formula is C17H11FN2O4S. The zero-order valence-electron chi connectivity index (χ0n) is 12.7. The number of carbonyl (C=O) groups is 3. The number of ketones is 1. The molecule has 2 aromatic rings. The predicted octanol–water partition coefficient (Wildman–Crippen LogP) is 2.01. The van der Waals surface area contributed by atoms with E-state index in [2.05, 4.69) is 10.6 Å². The Morgan fingerprint density at radius 1 is 1.16 bits per heavy atom. The summed E-state index contributed by atoms with van der Waals surface area (Å²) in [5.74, 6) is -1.19. The molecule has 1 aliphatic rings. The maximum atomic E-state index is 12.5. The minimum Gasteiger partial charge on any atom is -0.457 e. The van der Waals surface area contributed by atoms with Crippen molar-refractivity contribution in [3.8, 4) is 11.3 Å². The topological polar surface area (TPSA) is 88.4 Å². The van der Waals surface area contributed by atoms with Crippen molar-refractivity contribution in [2.75, 3.05) is 6.67 Å². The number of hydrogen-bond acceptors (Lipinski definition) is 5. The molecule has 8 heteroatoms. The first-order valence-corrected chi connectivity index (χ1v) is 7.56. The highest BCUT2D eigenvalue weighted by Gasteiger charge is 2.26. The van der Waals surface area contributed by atoms with Crippen LogP contribution in [0.2, 0.25) is 0 Å². The van der Waals surface area contributed by atoms with Crippen LogP contribution in [0.5, 0.6) is 0 Å². The van der Waals surface area contributed by atoms with Crippen LogP contribution in [0.15, 0.2) is 46.4 Å². The van der Waals surface area contributed by atoms with Gasteiger partial charge in [0.15, 0.2) is 17.6 Å². The molecule has 0 aliphatic carbocycles. The number of amides is 2. The number of hydrogen-bond donors (Lipinski definition) is 2. The van der Waals surface area contributed by atoms with Crippen molar-refractivity contribution in [2.24, 2.45) is 0 Å². The normalized spacial score (nSPS) is 14.1. The van der Waals surface area contributed by atoms with Crippen LogP contribution in [-0.2, 0) is 9.59 Å². The lowest BCUT2D eigenvalue weighted by atomic mass is 10.1. The number of carbonyl (C=O) groups excluding carboxylic acids is 3. The van der Waals surface area contributed by atoms with Crippen molar-refractivity contribution in [3.63, 3.8) is 0 Å². The molecule has 1 fully saturated rings. The number of rotatable bonds is 4. The van der Waals surface area contributed by atoms with Gasteiger partial charge in [-0.3, -0.25) is 25.0 Å². The molecule has 2 N–H and O–H groups in total. The van der Waals surface area contributed by atoms with Crippen molar-refractivity contribution < 1.29 is 23.2 Å². The average molecular weight is 358 g/mol. The molecule has 1 saturated heterocycles. The second kappa shape index (κ2) is 6.78. The van der Waals surface area contributed by atoms with Crippen LogP contribution < -0.4 is 10.6 Å². The second-order valence-electron chi connectivity index (χ2n) is 5.14. The van der Waals surface area contributed by atoms with Crippen molar-refractivity contribution >= 4 is 41.0 Å². The molecule has 0 spiro atoms. The summed E-state index contributed by atoms with van der Waals surface area (Å²) in [6.07, 6.45) is 1.28. The maximum absolute atomic E-state index is 12.5. The molecule has 1 aromatic carbocycles. The summed E-state index contributed by atoms with van der Waals surface area (Å²) in [5.41, 5.74) is 0.661. The van der Waals surface area contributed by atoms with Gasteiger partial charge in [0.05, 0.1) is 0 Å². The SMILES string of the molecule is O=C1NC(=S)NC(=O)C1=Cc1ccc(-c2cccc(C(=O)CF)c2)o1. The van der Waals surface area contributed by atoms with E-state index in [1.54, 1.807) is 24.3 Å². The van der Waals surface area contributed by atoms with Crippen molar-refractivity contribution in [1.82, 2.24) is 10.6 Å². The standard InChI is InChI=1S/C17H11FN2O4S/c18-8-13(21)9-2-1-3-10(6-9)14-5-4-11(24-14)7-12-15(22)19-17(25)20-16(12)23/h1-7H,8H2,(H2,19,20,22,23,25). The molecule has 0 radical (unpaired) electrons. The van der Waals surface area contributed by atoms with Crippen LogP contribution in [-0.4, -0.2) is 29.4 Å². The first-order chi connectivity index (χ1) is 12.0. The van der Waals surface area contributed by atoms with Gasteiger partial charge in [0.1, 0.15) is 17.1 Å². The van der Waals surface area contributed by atoms with Gasteiger partial charge in [-0.25, -0.2) is 4.39 Å². The van der Waals surface area contributed by atoms with Gasteiger partial charge in [0, 0.05) is 11.1 Å². The molecule has 0 unspecified atom stereocenters. The Bertz CT molecular complexity index is 910. The third-order valence-electron chi connectivity index (χ3n) is 3.45. The van der Waals surface area contributed by atoms with Gasteiger partial charge in [-0.2, -0.15) is 0 Å². The molecule has 1 aliphatic heterocycles. The van der Waals surface area contributed by atoms with Crippen molar-refractivity contribution in [1.29, 1.82) is 0 Å². The Balaban J connectivity index is 1.89. The Morgan fingerprint density at radius 3 is 2.56 bits per heavy atom. The van der Waals surface area contributed by atoms with Crippen molar-refractivity contribution in [3.05, 3.63) is 53.3 Å². The van der Waals surface area contributed by atoms with E-state index < -0.39 is 24.3 Å². The van der Waals surface area contributed by atoms with E-state index in [0.717, 1.165) is 0 Å². The quantitative estimate of drug-likeness (QED) is 0.378. The molecule has 0 bridgehead atoms. The number of thiocarbonyl (C=S) groups is 1. The van der Waals surface area contributed by atoms with Crippen LogP contribution in [0.3, 0.4) is 0 Å². The number of furan rings is 1. The number of nitrogens with one attached hydrogen (secondary N) is 2. The number of Topliss-reactive ketones (excluding diaryl/α,β-unsaturated/α-hetero) is 1. The summed E-state index contributed by atoms with van der Waals surface area (Å²) in [7, 11) is 0. The highest BCUT2D eigenvalue weighted by Crippen LogP contribution is 2.25.